The van der Waals surface area contributed by atoms with Gasteiger partial charge in [0.25, 0.3) is 0 Å². The molecule has 80 valence electrons. The molecule has 0 aromatic heterocycles. The molecule has 0 bridgehead atoms. The van der Waals surface area contributed by atoms with E-state index in [2.05, 4.69) is 27.8 Å². The highest BCUT2D eigenvalue weighted by Crippen LogP contribution is 2.29. The maximum atomic E-state index is 9.12. The summed E-state index contributed by atoms with van der Waals surface area (Å²) in [4.78, 5) is 0. The Balaban J connectivity index is 2.68. The molecule has 1 aromatic carbocycles. The van der Waals surface area contributed by atoms with Gasteiger partial charge in [-0.05, 0) is 28.9 Å². The summed E-state index contributed by atoms with van der Waals surface area (Å²) in [5.41, 5.74) is 0.786. The average molecular weight is 269 g/mol. The number of para-hydroxylation sites is 1. The van der Waals surface area contributed by atoms with E-state index >= 15 is 0 Å². The molecule has 0 spiro atoms. The second kappa shape index (κ2) is 6.49. The fourth-order valence-electron chi connectivity index (χ4n) is 1.17. The van der Waals surface area contributed by atoms with Gasteiger partial charge in [0, 0.05) is 12.0 Å². The first-order valence-electron chi connectivity index (χ1n) is 4.70. The van der Waals surface area contributed by atoms with E-state index in [4.69, 9.17) is 9.84 Å². The van der Waals surface area contributed by atoms with Crippen LogP contribution in [0.25, 0.3) is 0 Å². The van der Waals surface area contributed by atoms with Crippen LogP contribution < -0.4 is 4.74 Å². The molecule has 3 heteroatoms. The molecule has 1 aromatic rings. The van der Waals surface area contributed by atoms with Crippen molar-refractivity contribution < 1.29 is 9.84 Å². The third-order valence-corrected chi connectivity index (χ3v) is 2.49. The average Bonchev–Trinajstić information content (AvgIpc) is 2.26. The zero-order chi connectivity index (χ0) is 11.1. The Morgan fingerprint density at radius 2 is 2.27 bits per heavy atom. The number of halogens is 1. The van der Waals surface area contributed by atoms with Gasteiger partial charge in [0.2, 0.25) is 0 Å². The molecule has 1 N–H and O–H groups in total. The van der Waals surface area contributed by atoms with E-state index < -0.39 is 0 Å². The molecule has 15 heavy (non-hydrogen) atoms. The van der Waals surface area contributed by atoms with Gasteiger partial charge < -0.3 is 9.84 Å². The maximum Gasteiger partial charge on any atom is 0.139 e. The van der Waals surface area contributed by atoms with Crippen LogP contribution in [-0.2, 0) is 6.61 Å². The van der Waals surface area contributed by atoms with E-state index in [1.807, 2.05) is 18.2 Å². The van der Waals surface area contributed by atoms with E-state index in [1.54, 1.807) is 6.92 Å². The molecular formula is C12H13BrO2. The van der Waals surface area contributed by atoms with E-state index in [1.165, 1.54) is 0 Å². The molecule has 0 radical (unpaired) electrons. The van der Waals surface area contributed by atoms with Gasteiger partial charge in [-0.25, -0.2) is 0 Å². The number of rotatable bonds is 4. The van der Waals surface area contributed by atoms with Crippen LogP contribution in [0.3, 0.4) is 0 Å². The molecule has 0 heterocycles. The first-order valence-corrected chi connectivity index (χ1v) is 5.49. The first kappa shape index (κ1) is 12.1. The van der Waals surface area contributed by atoms with Gasteiger partial charge >= 0.3 is 0 Å². The van der Waals surface area contributed by atoms with Crippen molar-refractivity contribution in [3.63, 3.8) is 0 Å². The second-order valence-electron chi connectivity index (χ2n) is 2.91. The van der Waals surface area contributed by atoms with Gasteiger partial charge in [-0.3, -0.25) is 0 Å². The van der Waals surface area contributed by atoms with Crippen LogP contribution in [-0.4, -0.2) is 11.7 Å². The monoisotopic (exact) mass is 268 g/mol. The van der Waals surface area contributed by atoms with Gasteiger partial charge in [0.05, 0.1) is 17.7 Å². The standard InChI is InChI=1S/C12H13BrO2/c1-2-3-4-8-15-12-10(9-14)6-5-7-11(12)13/h5-7,14H,4,8-9H2,1H3. The quantitative estimate of drug-likeness (QED) is 0.672. The van der Waals surface area contributed by atoms with Gasteiger partial charge in [-0.1, -0.05) is 12.1 Å². The lowest BCUT2D eigenvalue weighted by molar-refractivity contribution is 0.264. The van der Waals surface area contributed by atoms with Crippen LogP contribution >= 0.6 is 15.9 Å². The van der Waals surface area contributed by atoms with Crippen molar-refractivity contribution in [2.75, 3.05) is 6.61 Å². The Kier molecular flexibility index (Phi) is 5.23. The summed E-state index contributed by atoms with van der Waals surface area (Å²) in [6, 6.07) is 5.60. The molecule has 0 atom stereocenters. The molecule has 0 aliphatic heterocycles. The molecule has 0 saturated heterocycles. The predicted molar refractivity (Wildman–Crippen MR) is 63.6 cm³/mol. The van der Waals surface area contributed by atoms with E-state index in [0.717, 1.165) is 10.0 Å². The van der Waals surface area contributed by atoms with Crippen molar-refractivity contribution in [1.82, 2.24) is 0 Å². The Hall–Kier alpha value is -0.980. The van der Waals surface area contributed by atoms with Gasteiger partial charge in [-0.15, -0.1) is 11.8 Å². The third-order valence-electron chi connectivity index (χ3n) is 1.87. The molecular weight excluding hydrogens is 256 g/mol. The topological polar surface area (TPSA) is 29.5 Å². The number of hydrogen-bond acceptors (Lipinski definition) is 2. The summed E-state index contributed by atoms with van der Waals surface area (Å²) in [6.45, 7) is 2.32. The molecule has 1 rings (SSSR count). The zero-order valence-corrected chi connectivity index (χ0v) is 10.2. The van der Waals surface area contributed by atoms with E-state index in [-0.39, 0.29) is 6.61 Å². The molecule has 0 fully saturated rings. The van der Waals surface area contributed by atoms with Crippen LogP contribution in [0.15, 0.2) is 22.7 Å². The number of hydrogen-bond donors (Lipinski definition) is 1. The first-order chi connectivity index (χ1) is 7.29. The summed E-state index contributed by atoms with van der Waals surface area (Å²) < 4.78 is 6.41. The van der Waals surface area contributed by atoms with Crippen LogP contribution in [0.4, 0.5) is 0 Å². The van der Waals surface area contributed by atoms with Crippen LogP contribution in [0.2, 0.25) is 0 Å². The molecule has 0 saturated carbocycles. The highest BCUT2D eigenvalue weighted by molar-refractivity contribution is 9.10. The van der Waals surface area contributed by atoms with Crippen molar-refractivity contribution in [2.24, 2.45) is 0 Å². The summed E-state index contributed by atoms with van der Waals surface area (Å²) >= 11 is 3.38. The second-order valence-corrected chi connectivity index (χ2v) is 3.77. The Labute approximate surface area is 98.4 Å². The van der Waals surface area contributed by atoms with Crippen molar-refractivity contribution in [1.29, 1.82) is 0 Å². The Bertz CT molecular complexity index is 377. The van der Waals surface area contributed by atoms with Crippen LogP contribution in [0.1, 0.15) is 18.9 Å². The van der Waals surface area contributed by atoms with Gasteiger partial charge in [-0.2, -0.15) is 0 Å². The molecule has 2 nitrogen and oxygen atoms in total. The smallest absolute Gasteiger partial charge is 0.139 e. The minimum atomic E-state index is -0.0196. The van der Waals surface area contributed by atoms with Gasteiger partial charge in [0.1, 0.15) is 5.75 Å². The van der Waals surface area contributed by atoms with Gasteiger partial charge in [0.15, 0.2) is 0 Å². The molecule has 0 aliphatic carbocycles. The predicted octanol–water partition coefficient (Wildman–Crippen LogP) is 2.73. The van der Waals surface area contributed by atoms with Crippen molar-refractivity contribution in [3.8, 4) is 17.6 Å². The fraction of sp³-hybridized carbons (Fsp3) is 0.333. The molecule has 0 amide bonds. The molecule has 0 aliphatic rings. The largest absolute Gasteiger partial charge is 0.491 e. The minimum Gasteiger partial charge on any atom is -0.491 e. The third kappa shape index (κ3) is 3.58. The maximum absolute atomic E-state index is 9.12. The van der Waals surface area contributed by atoms with Crippen LogP contribution in [0.5, 0.6) is 5.75 Å². The highest BCUT2D eigenvalue weighted by atomic mass is 79.9. The van der Waals surface area contributed by atoms with Crippen molar-refractivity contribution in [3.05, 3.63) is 28.2 Å². The SMILES string of the molecule is CC#CCCOc1c(Br)cccc1CO. The highest BCUT2D eigenvalue weighted by Gasteiger charge is 2.06. The lowest BCUT2D eigenvalue weighted by Crippen LogP contribution is -2.00. The number of benzene rings is 1. The number of aliphatic hydroxyl groups excluding tert-OH is 1. The fourth-order valence-corrected chi connectivity index (χ4v) is 1.69. The number of ether oxygens (including phenoxy) is 1. The summed E-state index contributed by atoms with van der Waals surface area (Å²) in [5.74, 6) is 6.44. The van der Waals surface area contributed by atoms with E-state index in [9.17, 15) is 0 Å². The minimum absolute atomic E-state index is 0.0196. The van der Waals surface area contributed by atoms with Crippen molar-refractivity contribution in [2.45, 2.75) is 20.0 Å². The normalized spacial score (nSPS) is 9.27. The Morgan fingerprint density at radius 1 is 1.47 bits per heavy atom. The van der Waals surface area contributed by atoms with E-state index in [0.29, 0.717) is 18.8 Å². The summed E-state index contributed by atoms with van der Waals surface area (Å²) in [7, 11) is 0. The Morgan fingerprint density at radius 3 is 2.93 bits per heavy atom. The lowest BCUT2D eigenvalue weighted by Gasteiger charge is -2.10. The zero-order valence-electron chi connectivity index (χ0n) is 8.59. The van der Waals surface area contributed by atoms with Crippen molar-refractivity contribution >= 4 is 15.9 Å². The summed E-state index contributed by atoms with van der Waals surface area (Å²) in [6.07, 6.45) is 0.697. The van der Waals surface area contributed by atoms with Crippen LogP contribution in [0, 0.1) is 11.8 Å². The number of aliphatic hydroxyl groups is 1. The molecule has 0 unspecified atom stereocenters. The lowest BCUT2D eigenvalue weighted by atomic mass is 10.2. The summed E-state index contributed by atoms with van der Waals surface area (Å²) in [5, 5.41) is 9.12.